The average molecular weight is 198 g/mol. The molecule has 1 atom stereocenters. The Morgan fingerprint density at radius 3 is 2.36 bits per heavy atom. The zero-order chi connectivity index (χ0) is 10.8. The van der Waals surface area contributed by atoms with Gasteiger partial charge in [0.15, 0.2) is 0 Å². The van der Waals surface area contributed by atoms with Crippen LogP contribution in [0.2, 0.25) is 0 Å². The van der Waals surface area contributed by atoms with Crippen LogP contribution in [0.1, 0.15) is 46.5 Å². The maximum Gasteiger partial charge on any atom is 0.234 e. The van der Waals surface area contributed by atoms with E-state index in [1.165, 1.54) is 12.8 Å². The molecule has 14 heavy (non-hydrogen) atoms. The van der Waals surface area contributed by atoms with E-state index < -0.39 is 0 Å². The van der Waals surface area contributed by atoms with E-state index in [1.54, 1.807) is 0 Å². The highest BCUT2D eigenvalue weighted by Gasteiger charge is 2.27. The number of nitrogens with two attached hydrogens (primary N) is 1. The molecule has 1 rings (SSSR count). The molecule has 0 heterocycles. The average Bonchev–Trinajstić information content (AvgIpc) is 2.08. The van der Waals surface area contributed by atoms with Gasteiger partial charge in [0.2, 0.25) is 5.91 Å². The second-order valence-corrected chi connectivity index (χ2v) is 5.23. The minimum Gasteiger partial charge on any atom is -0.368 e. The number of carbonyl (C=O) groups is 1. The number of carbonyl (C=O) groups excluding carboxylic acids is 1. The van der Waals surface area contributed by atoms with Gasteiger partial charge in [-0.15, -0.1) is 0 Å². The molecule has 0 spiro atoms. The fraction of sp³-hybridized carbons (Fsp3) is 0.909. The van der Waals surface area contributed by atoms with Crippen molar-refractivity contribution in [1.29, 1.82) is 0 Å². The van der Waals surface area contributed by atoms with Crippen LogP contribution in [0.3, 0.4) is 0 Å². The summed E-state index contributed by atoms with van der Waals surface area (Å²) in [7, 11) is 0. The lowest BCUT2D eigenvalue weighted by molar-refractivity contribution is -0.119. The zero-order valence-electron chi connectivity index (χ0n) is 9.47. The van der Waals surface area contributed by atoms with Crippen LogP contribution >= 0.6 is 0 Å². The van der Waals surface area contributed by atoms with Crippen LogP contribution in [0.25, 0.3) is 0 Å². The summed E-state index contributed by atoms with van der Waals surface area (Å²) in [5.41, 5.74) is 5.69. The van der Waals surface area contributed by atoms with Crippen molar-refractivity contribution in [3.8, 4) is 0 Å². The van der Waals surface area contributed by atoms with Crippen molar-refractivity contribution < 1.29 is 4.79 Å². The fourth-order valence-corrected chi connectivity index (χ4v) is 2.00. The van der Waals surface area contributed by atoms with Crippen molar-refractivity contribution in [1.82, 2.24) is 5.32 Å². The van der Waals surface area contributed by atoms with Crippen LogP contribution in [0.5, 0.6) is 0 Å². The topological polar surface area (TPSA) is 55.1 Å². The van der Waals surface area contributed by atoms with Gasteiger partial charge >= 0.3 is 0 Å². The van der Waals surface area contributed by atoms with Crippen molar-refractivity contribution >= 4 is 5.91 Å². The van der Waals surface area contributed by atoms with Crippen molar-refractivity contribution in [2.45, 2.75) is 58.5 Å². The Kier molecular flexibility index (Phi) is 3.53. The summed E-state index contributed by atoms with van der Waals surface area (Å²) < 4.78 is 0. The summed E-state index contributed by atoms with van der Waals surface area (Å²) in [5.74, 6) is -0.255. The number of amides is 1. The SMILES string of the molecule is CC(NC1CCC(C)(C)CC1)C(N)=O. The minimum atomic E-state index is -0.255. The van der Waals surface area contributed by atoms with Gasteiger partial charge in [-0.05, 0) is 38.0 Å². The first-order chi connectivity index (χ1) is 6.41. The third kappa shape index (κ3) is 3.29. The Morgan fingerprint density at radius 1 is 1.43 bits per heavy atom. The molecule has 1 aliphatic carbocycles. The van der Waals surface area contributed by atoms with Crippen LogP contribution in [-0.2, 0) is 4.79 Å². The highest BCUT2D eigenvalue weighted by Crippen LogP contribution is 2.35. The molecule has 0 aliphatic heterocycles. The molecular weight excluding hydrogens is 176 g/mol. The molecule has 1 aliphatic rings. The highest BCUT2D eigenvalue weighted by atomic mass is 16.1. The van der Waals surface area contributed by atoms with Crippen molar-refractivity contribution in [3.05, 3.63) is 0 Å². The summed E-state index contributed by atoms with van der Waals surface area (Å²) in [4.78, 5) is 10.9. The lowest BCUT2D eigenvalue weighted by Gasteiger charge is -2.35. The first-order valence-corrected chi connectivity index (χ1v) is 5.46. The Hall–Kier alpha value is -0.570. The number of nitrogens with one attached hydrogen (secondary N) is 1. The lowest BCUT2D eigenvalue weighted by Crippen LogP contribution is -2.46. The predicted octanol–water partition coefficient (Wildman–Crippen LogP) is 1.42. The van der Waals surface area contributed by atoms with Crippen LogP contribution in [-0.4, -0.2) is 18.0 Å². The molecule has 0 aromatic rings. The third-order valence-corrected chi connectivity index (χ3v) is 3.25. The smallest absolute Gasteiger partial charge is 0.234 e. The second-order valence-electron chi connectivity index (χ2n) is 5.23. The van der Waals surface area contributed by atoms with E-state index in [0.29, 0.717) is 11.5 Å². The molecule has 0 aromatic carbocycles. The van der Waals surface area contributed by atoms with Crippen LogP contribution in [0.4, 0.5) is 0 Å². The van der Waals surface area contributed by atoms with Gasteiger partial charge in [-0.2, -0.15) is 0 Å². The van der Waals surface area contributed by atoms with Crippen molar-refractivity contribution in [2.75, 3.05) is 0 Å². The van der Waals surface area contributed by atoms with E-state index in [2.05, 4.69) is 19.2 Å². The van der Waals surface area contributed by atoms with Gasteiger partial charge in [0.05, 0.1) is 6.04 Å². The summed E-state index contributed by atoms with van der Waals surface area (Å²) in [6.07, 6.45) is 4.78. The first kappa shape index (κ1) is 11.5. The molecule has 0 bridgehead atoms. The largest absolute Gasteiger partial charge is 0.368 e. The van der Waals surface area contributed by atoms with E-state index in [1.807, 2.05) is 6.92 Å². The number of hydrogen-bond acceptors (Lipinski definition) is 2. The Morgan fingerprint density at radius 2 is 1.93 bits per heavy atom. The molecular formula is C11H22N2O. The fourth-order valence-electron chi connectivity index (χ4n) is 2.00. The zero-order valence-corrected chi connectivity index (χ0v) is 9.47. The van der Waals surface area contributed by atoms with Gasteiger partial charge in [-0.3, -0.25) is 4.79 Å². The summed E-state index contributed by atoms with van der Waals surface area (Å²) >= 11 is 0. The van der Waals surface area contributed by atoms with Crippen LogP contribution in [0.15, 0.2) is 0 Å². The van der Waals surface area contributed by atoms with Crippen LogP contribution < -0.4 is 11.1 Å². The van der Waals surface area contributed by atoms with Crippen molar-refractivity contribution in [3.63, 3.8) is 0 Å². The second kappa shape index (κ2) is 4.30. The molecule has 1 fully saturated rings. The summed E-state index contributed by atoms with van der Waals surface area (Å²) in [5, 5.41) is 3.28. The van der Waals surface area contributed by atoms with Gasteiger partial charge in [-0.25, -0.2) is 0 Å². The van der Waals surface area contributed by atoms with Gasteiger partial charge in [0.1, 0.15) is 0 Å². The van der Waals surface area contributed by atoms with E-state index in [9.17, 15) is 4.79 Å². The maximum atomic E-state index is 10.9. The molecule has 0 radical (unpaired) electrons. The standard InChI is InChI=1S/C11H22N2O/c1-8(10(12)14)13-9-4-6-11(2,3)7-5-9/h8-9,13H,4-7H2,1-3H3,(H2,12,14). The van der Waals surface area contributed by atoms with E-state index in [0.717, 1.165) is 12.8 Å². The van der Waals surface area contributed by atoms with E-state index in [4.69, 9.17) is 5.73 Å². The highest BCUT2D eigenvalue weighted by molar-refractivity contribution is 5.79. The first-order valence-electron chi connectivity index (χ1n) is 5.46. The molecule has 82 valence electrons. The predicted molar refractivity (Wildman–Crippen MR) is 57.8 cm³/mol. The van der Waals surface area contributed by atoms with E-state index in [-0.39, 0.29) is 11.9 Å². The lowest BCUT2D eigenvalue weighted by atomic mass is 9.75. The van der Waals surface area contributed by atoms with Gasteiger partial charge < -0.3 is 11.1 Å². The molecule has 1 amide bonds. The molecule has 3 nitrogen and oxygen atoms in total. The number of rotatable bonds is 3. The quantitative estimate of drug-likeness (QED) is 0.720. The van der Waals surface area contributed by atoms with Gasteiger partial charge in [-0.1, -0.05) is 13.8 Å². The Bertz CT molecular complexity index is 203. The normalized spacial score (nSPS) is 24.5. The molecule has 0 saturated heterocycles. The summed E-state index contributed by atoms with van der Waals surface area (Å²) in [6.45, 7) is 6.45. The molecule has 3 heteroatoms. The van der Waals surface area contributed by atoms with Gasteiger partial charge in [0, 0.05) is 6.04 Å². The van der Waals surface area contributed by atoms with E-state index >= 15 is 0 Å². The maximum absolute atomic E-state index is 10.9. The Labute approximate surface area is 86.4 Å². The molecule has 1 saturated carbocycles. The minimum absolute atomic E-state index is 0.193. The van der Waals surface area contributed by atoms with Crippen molar-refractivity contribution in [2.24, 2.45) is 11.1 Å². The molecule has 1 unspecified atom stereocenters. The molecule has 3 N–H and O–H groups in total. The molecule has 0 aromatic heterocycles. The van der Waals surface area contributed by atoms with Gasteiger partial charge in [0.25, 0.3) is 0 Å². The number of hydrogen-bond donors (Lipinski definition) is 2. The monoisotopic (exact) mass is 198 g/mol. The Balaban J connectivity index is 2.32. The number of primary amides is 1. The summed E-state index contributed by atoms with van der Waals surface area (Å²) in [6, 6.07) is 0.284. The van der Waals surface area contributed by atoms with Crippen LogP contribution in [0, 0.1) is 5.41 Å². The third-order valence-electron chi connectivity index (χ3n) is 3.25.